The highest BCUT2D eigenvalue weighted by atomic mass is 16.3. The first-order valence-corrected chi connectivity index (χ1v) is 12.5. The molecule has 0 amide bonds. The lowest BCUT2D eigenvalue weighted by molar-refractivity contribution is -0.132. The Bertz CT molecular complexity index is 736. The van der Waals surface area contributed by atoms with Crippen LogP contribution in [0.4, 0.5) is 0 Å². The molecular formula is C27H42O3. The molecule has 168 valence electrons. The van der Waals surface area contributed by atoms with Crippen LogP contribution in [-0.2, 0) is 9.59 Å². The Morgan fingerprint density at radius 2 is 1.67 bits per heavy atom. The molecule has 0 radical (unpaired) electrons. The molecule has 3 saturated carbocycles. The van der Waals surface area contributed by atoms with Crippen molar-refractivity contribution in [3.8, 4) is 0 Å². The molecule has 4 rings (SSSR count). The van der Waals surface area contributed by atoms with Gasteiger partial charge in [-0.05, 0) is 91.4 Å². The third-order valence-electron chi connectivity index (χ3n) is 9.83. The third-order valence-corrected chi connectivity index (χ3v) is 9.83. The van der Waals surface area contributed by atoms with Gasteiger partial charge < -0.3 is 5.11 Å². The lowest BCUT2D eigenvalue weighted by Gasteiger charge is -2.57. The van der Waals surface area contributed by atoms with E-state index in [0.29, 0.717) is 54.6 Å². The molecule has 3 heteroatoms. The molecule has 0 aromatic carbocycles. The summed E-state index contributed by atoms with van der Waals surface area (Å²) in [6.07, 6.45) is 10.3. The zero-order chi connectivity index (χ0) is 21.8. The SMILES string of the molecule is CC(C)CC(=O)C[C@@H](C)[C@H]1CC[C@H]2C3=CC(=O)[C@H]4C[C@@H](O)CC[C@]4(C)[C@H]3CC[C@]12C. The molecule has 4 aliphatic carbocycles. The van der Waals surface area contributed by atoms with Crippen molar-refractivity contribution in [2.75, 3.05) is 0 Å². The van der Waals surface area contributed by atoms with Crippen molar-refractivity contribution < 1.29 is 14.7 Å². The topological polar surface area (TPSA) is 54.4 Å². The van der Waals surface area contributed by atoms with Crippen LogP contribution in [0.2, 0.25) is 0 Å². The standard InChI is InChI=1S/C27H42O3/c1-16(2)12-19(29)13-17(3)21-6-7-22-20-15-25(30)24-14-18(28)8-10-27(24,5)23(20)9-11-26(21,22)4/h15-18,21-24,28H,6-14H2,1-5H3/t17-,18+,21-,22+,23+,24-,26-,27-/m1/s1. The maximum absolute atomic E-state index is 13.2. The third kappa shape index (κ3) is 3.53. The Balaban J connectivity index is 1.56. The fourth-order valence-corrected chi connectivity index (χ4v) is 8.36. The molecule has 0 heterocycles. The van der Waals surface area contributed by atoms with Crippen LogP contribution in [-0.4, -0.2) is 22.8 Å². The van der Waals surface area contributed by atoms with Crippen LogP contribution in [0.15, 0.2) is 11.6 Å². The van der Waals surface area contributed by atoms with Crippen molar-refractivity contribution in [1.29, 1.82) is 0 Å². The molecule has 0 spiro atoms. The van der Waals surface area contributed by atoms with E-state index in [1.54, 1.807) is 0 Å². The molecular weight excluding hydrogens is 372 g/mol. The largest absolute Gasteiger partial charge is 0.393 e. The Labute approximate surface area is 183 Å². The van der Waals surface area contributed by atoms with E-state index in [9.17, 15) is 14.7 Å². The van der Waals surface area contributed by atoms with Crippen molar-refractivity contribution >= 4 is 11.6 Å². The van der Waals surface area contributed by atoms with Gasteiger partial charge in [-0.2, -0.15) is 0 Å². The predicted molar refractivity (Wildman–Crippen MR) is 120 cm³/mol. The summed E-state index contributed by atoms with van der Waals surface area (Å²) in [5, 5.41) is 10.2. The first-order valence-electron chi connectivity index (χ1n) is 12.5. The van der Waals surface area contributed by atoms with Gasteiger partial charge in [-0.25, -0.2) is 0 Å². The van der Waals surface area contributed by atoms with Gasteiger partial charge in [-0.3, -0.25) is 9.59 Å². The number of fused-ring (bicyclic) bond motifs is 5. The van der Waals surface area contributed by atoms with Gasteiger partial charge in [0, 0.05) is 18.8 Å². The second kappa shape index (κ2) is 7.87. The number of Topliss-reactive ketones (excluding diaryl/α,β-unsaturated/α-hetero) is 1. The molecule has 0 aliphatic heterocycles. The van der Waals surface area contributed by atoms with E-state index in [1.165, 1.54) is 31.3 Å². The molecule has 4 aliphatic rings. The molecule has 0 unspecified atom stereocenters. The minimum absolute atomic E-state index is 0.00383. The van der Waals surface area contributed by atoms with E-state index in [1.807, 2.05) is 6.08 Å². The summed E-state index contributed by atoms with van der Waals surface area (Å²) in [6, 6.07) is 0. The number of allylic oxidation sites excluding steroid dienone is 2. The molecule has 8 atom stereocenters. The maximum atomic E-state index is 13.2. The second-order valence-electron chi connectivity index (χ2n) is 12.2. The minimum Gasteiger partial charge on any atom is -0.393 e. The highest BCUT2D eigenvalue weighted by Crippen LogP contribution is 2.66. The number of aliphatic hydroxyl groups excluding tert-OH is 1. The van der Waals surface area contributed by atoms with Crippen LogP contribution in [0.5, 0.6) is 0 Å². The van der Waals surface area contributed by atoms with Crippen LogP contribution in [0.3, 0.4) is 0 Å². The number of hydrogen-bond donors (Lipinski definition) is 1. The summed E-state index contributed by atoms with van der Waals surface area (Å²) in [4.78, 5) is 25.7. The number of hydrogen-bond acceptors (Lipinski definition) is 3. The lowest BCUT2D eigenvalue weighted by Crippen LogP contribution is -2.52. The zero-order valence-electron chi connectivity index (χ0n) is 19.7. The monoisotopic (exact) mass is 414 g/mol. The number of carbonyl (C=O) groups excluding carboxylic acids is 2. The fourth-order valence-electron chi connectivity index (χ4n) is 8.36. The molecule has 3 fully saturated rings. The van der Waals surface area contributed by atoms with E-state index in [2.05, 4.69) is 34.6 Å². The Kier molecular flexibility index (Phi) is 5.83. The number of rotatable bonds is 5. The molecule has 0 saturated heterocycles. The highest BCUT2D eigenvalue weighted by molar-refractivity contribution is 5.94. The fraction of sp³-hybridized carbons (Fsp3) is 0.852. The van der Waals surface area contributed by atoms with Crippen LogP contribution < -0.4 is 0 Å². The first kappa shape index (κ1) is 22.2. The Morgan fingerprint density at radius 3 is 2.37 bits per heavy atom. The van der Waals surface area contributed by atoms with Crippen LogP contribution in [0.25, 0.3) is 0 Å². The average molecular weight is 415 g/mol. The summed E-state index contributed by atoms with van der Waals surface area (Å²) < 4.78 is 0. The van der Waals surface area contributed by atoms with Gasteiger partial charge in [0.25, 0.3) is 0 Å². The average Bonchev–Trinajstić information content (AvgIpc) is 3.00. The summed E-state index contributed by atoms with van der Waals surface area (Å²) >= 11 is 0. The van der Waals surface area contributed by atoms with Crippen LogP contribution in [0, 0.1) is 46.3 Å². The summed E-state index contributed by atoms with van der Waals surface area (Å²) in [5.74, 6) is 3.14. The number of aliphatic hydroxyl groups is 1. The van der Waals surface area contributed by atoms with Crippen molar-refractivity contribution in [3.05, 3.63) is 11.6 Å². The van der Waals surface area contributed by atoms with Crippen molar-refractivity contribution in [2.45, 2.75) is 98.5 Å². The molecule has 1 N–H and O–H groups in total. The number of ketones is 2. The van der Waals surface area contributed by atoms with Gasteiger partial charge in [0.1, 0.15) is 5.78 Å². The quantitative estimate of drug-likeness (QED) is 0.623. The zero-order valence-corrected chi connectivity index (χ0v) is 19.7. The highest BCUT2D eigenvalue weighted by Gasteiger charge is 2.59. The van der Waals surface area contributed by atoms with Gasteiger partial charge in [-0.15, -0.1) is 0 Å². The van der Waals surface area contributed by atoms with E-state index in [4.69, 9.17) is 0 Å². The smallest absolute Gasteiger partial charge is 0.159 e. The summed E-state index contributed by atoms with van der Waals surface area (Å²) in [7, 11) is 0. The van der Waals surface area contributed by atoms with Gasteiger partial charge in [0.05, 0.1) is 6.10 Å². The molecule has 3 nitrogen and oxygen atoms in total. The molecule has 30 heavy (non-hydrogen) atoms. The summed E-state index contributed by atoms with van der Waals surface area (Å²) in [6.45, 7) is 11.3. The molecule has 0 bridgehead atoms. The van der Waals surface area contributed by atoms with Gasteiger partial charge >= 0.3 is 0 Å². The van der Waals surface area contributed by atoms with Crippen LogP contribution in [0.1, 0.15) is 92.4 Å². The lowest BCUT2D eigenvalue weighted by atomic mass is 9.47. The minimum atomic E-state index is -0.309. The summed E-state index contributed by atoms with van der Waals surface area (Å²) in [5.41, 5.74) is 1.68. The van der Waals surface area contributed by atoms with Crippen molar-refractivity contribution in [3.63, 3.8) is 0 Å². The van der Waals surface area contributed by atoms with E-state index >= 15 is 0 Å². The van der Waals surface area contributed by atoms with Crippen molar-refractivity contribution in [1.82, 2.24) is 0 Å². The van der Waals surface area contributed by atoms with Crippen LogP contribution >= 0.6 is 0 Å². The van der Waals surface area contributed by atoms with Crippen molar-refractivity contribution in [2.24, 2.45) is 46.3 Å². The van der Waals surface area contributed by atoms with E-state index in [0.717, 1.165) is 12.8 Å². The second-order valence-corrected chi connectivity index (χ2v) is 12.2. The first-order chi connectivity index (χ1) is 14.1. The van der Waals surface area contributed by atoms with E-state index in [-0.39, 0.29) is 28.6 Å². The molecule has 0 aromatic heterocycles. The van der Waals surface area contributed by atoms with Gasteiger partial charge in [0.15, 0.2) is 5.78 Å². The maximum Gasteiger partial charge on any atom is 0.159 e. The molecule has 0 aromatic rings. The Morgan fingerprint density at radius 1 is 1.00 bits per heavy atom. The predicted octanol–water partition coefficient (Wildman–Crippen LogP) is 5.75. The normalized spacial score (nSPS) is 44.2. The van der Waals surface area contributed by atoms with E-state index < -0.39 is 0 Å². The number of carbonyl (C=O) groups is 2. The van der Waals surface area contributed by atoms with Gasteiger partial charge in [-0.1, -0.05) is 40.2 Å². The van der Waals surface area contributed by atoms with Gasteiger partial charge in [0.2, 0.25) is 0 Å². The Hall–Kier alpha value is -0.960.